The molecule has 4 rings (SSSR count). The van der Waals surface area contributed by atoms with Crippen molar-refractivity contribution in [1.29, 1.82) is 0 Å². The first-order valence-electron chi connectivity index (χ1n) is 7.81. The lowest BCUT2D eigenvalue weighted by molar-refractivity contribution is -0.384. The largest absolute Gasteiger partial charge is 0.270 e. The van der Waals surface area contributed by atoms with Gasteiger partial charge in [0.2, 0.25) is 0 Å². The topological polar surface area (TPSA) is 73.8 Å². The zero-order valence-corrected chi connectivity index (χ0v) is 13.2. The van der Waals surface area contributed by atoms with Crippen molar-refractivity contribution < 1.29 is 4.92 Å². The lowest BCUT2D eigenvalue weighted by atomic mass is 10.0. The number of fused-ring (bicyclic) bond motifs is 1. The third-order valence-corrected chi connectivity index (χ3v) is 4.06. The van der Waals surface area contributed by atoms with Gasteiger partial charge in [0.25, 0.3) is 5.69 Å². The molecular formula is C19H14N4O2. The van der Waals surface area contributed by atoms with Gasteiger partial charge in [0.05, 0.1) is 11.5 Å². The molecule has 1 heterocycles. The Kier molecular flexibility index (Phi) is 3.70. The Bertz CT molecular complexity index is 1070. The van der Waals surface area contributed by atoms with Gasteiger partial charge in [0.1, 0.15) is 6.33 Å². The second-order valence-corrected chi connectivity index (χ2v) is 5.71. The highest BCUT2D eigenvalue weighted by Crippen LogP contribution is 2.22. The number of aromatic nitrogens is 3. The van der Waals surface area contributed by atoms with Crippen molar-refractivity contribution in [2.75, 3.05) is 0 Å². The lowest BCUT2D eigenvalue weighted by Crippen LogP contribution is -2.01. The summed E-state index contributed by atoms with van der Waals surface area (Å²) in [6.45, 7) is 0.587. The number of nitrogens with zero attached hydrogens (tertiary/aromatic N) is 4. The molecule has 0 aliphatic heterocycles. The molecule has 0 fully saturated rings. The van der Waals surface area contributed by atoms with Crippen LogP contribution < -0.4 is 0 Å². The molecule has 122 valence electrons. The first kappa shape index (κ1) is 15.0. The summed E-state index contributed by atoms with van der Waals surface area (Å²) in [6.07, 6.45) is 1.65. The molecule has 0 atom stereocenters. The predicted octanol–water partition coefficient (Wildman–Crippen LogP) is 4.05. The fourth-order valence-corrected chi connectivity index (χ4v) is 2.87. The summed E-state index contributed by atoms with van der Waals surface area (Å²) < 4.78 is 1.75. The molecule has 6 heteroatoms. The van der Waals surface area contributed by atoms with E-state index in [9.17, 15) is 10.1 Å². The lowest BCUT2D eigenvalue weighted by Gasteiger charge is -2.06. The zero-order valence-electron chi connectivity index (χ0n) is 13.2. The quantitative estimate of drug-likeness (QED) is 0.418. The Morgan fingerprint density at radius 3 is 2.68 bits per heavy atom. The van der Waals surface area contributed by atoms with Crippen molar-refractivity contribution in [3.05, 3.63) is 88.7 Å². The summed E-state index contributed by atoms with van der Waals surface area (Å²) in [5.41, 5.74) is 1.81. The van der Waals surface area contributed by atoms with Gasteiger partial charge in [-0.25, -0.2) is 9.67 Å². The molecule has 4 aromatic rings. The fourth-order valence-electron chi connectivity index (χ4n) is 2.87. The first-order chi connectivity index (χ1) is 12.2. The smallest absolute Gasteiger partial charge is 0.258 e. The molecule has 0 unspecified atom stereocenters. The van der Waals surface area contributed by atoms with Gasteiger partial charge < -0.3 is 0 Å². The van der Waals surface area contributed by atoms with E-state index in [1.165, 1.54) is 22.9 Å². The third-order valence-electron chi connectivity index (χ3n) is 4.06. The summed E-state index contributed by atoms with van der Waals surface area (Å²) in [5, 5.41) is 17.7. The molecule has 1 aromatic heterocycles. The maximum atomic E-state index is 10.9. The summed E-state index contributed by atoms with van der Waals surface area (Å²) in [6, 6.07) is 20.7. The van der Waals surface area contributed by atoms with Crippen molar-refractivity contribution in [1.82, 2.24) is 14.8 Å². The molecule has 0 N–H and O–H groups in total. The fraction of sp³-hybridized carbons (Fsp3) is 0.0526. The maximum absolute atomic E-state index is 10.9. The predicted molar refractivity (Wildman–Crippen MR) is 95.2 cm³/mol. The van der Waals surface area contributed by atoms with Crippen LogP contribution in [0.2, 0.25) is 0 Å². The molecule has 0 aliphatic carbocycles. The first-order valence-corrected chi connectivity index (χ1v) is 7.81. The molecule has 0 spiro atoms. The number of hydrogen-bond donors (Lipinski definition) is 0. The van der Waals surface area contributed by atoms with E-state index in [-0.39, 0.29) is 5.69 Å². The molecule has 6 nitrogen and oxygen atoms in total. The minimum Gasteiger partial charge on any atom is -0.258 e. The van der Waals surface area contributed by atoms with Gasteiger partial charge in [0.15, 0.2) is 5.82 Å². The molecule has 0 amide bonds. The van der Waals surface area contributed by atoms with Crippen LogP contribution in [-0.2, 0) is 6.54 Å². The Balaban J connectivity index is 1.65. The third kappa shape index (κ3) is 2.97. The van der Waals surface area contributed by atoms with Crippen LogP contribution in [0.25, 0.3) is 22.2 Å². The second kappa shape index (κ2) is 6.16. The SMILES string of the molecule is O=[N+]([O-])c1cccc(-c2ncn(Cc3cccc4ccccc34)n2)c1. The number of non-ortho nitro benzene ring substituents is 1. The zero-order chi connectivity index (χ0) is 17.2. The van der Waals surface area contributed by atoms with Crippen molar-refractivity contribution in [2.45, 2.75) is 6.54 Å². The summed E-state index contributed by atoms with van der Waals surface area (Å²) in [4.78, 5) is 14.8. The average Bonchev–Trinajstić information content (AvgIpc) is 3.11. The Labute approximate surface area is 143 Å². The number of hydrogen-bond acceptors (Lipinski definition) is 4. The van der Waals surface area contributed by atoms with Gasteiger partial charge in [-0.2, -0.15) is 5.10 Å². The Hall–Kier alpha value is -3.54. The molecule has 0 aliphatic rings. The van der Waals surface area contributed by atoms with Gasteiger partial charge in [-0.05, 0) is 16.3 Å². The van der Waals surface area contributed by atoms with Crippen LogP contribution in [0, 0.1) is 10.1 Å². The summed E-state index contributed by atoms with van der Waals surface area (Å²) in [7, 11) is 0. The van der Waals surface area contributed by atoms with Gasteiger partial charge in [0, 0.05) is 17.7 Å². The van der Waals surface area contributed by atoms with Gasteiger partial charge in [-0.3, -0.25) is 10.1 Å². The van der Waals surface area contributed by atoms with Crippen LogP contribution in [0.5, 0.6) is 0 Å². The highest BCUT2D eigenvalue weighted by molar-refractivity contribution is 5.85. The Morgan fingerprint density at radius 2 is 1.80 bits per heavy atom. The van der Waals surface area contributed by atoms with E-state index in [2.05, 4.69) is 34.3 Å². The molecule has 0 saturated carbocycles. The number of nitro benzene ring substituents is 1. The van der Waals surface area contributed by atoms with Crippen molar-refractivity contribution >= 4 is 16.5 Å². The van der Waals surface area contributed by atoms with E-state index >= 15 is 0 Å². The van der Waals surface area contributed by atoms with E-state index in [0.29, 0.717) is 17.9 Å². The van der Waals surface area contributed by atoms with Crippen LogP contribution in [0.15, 0.2) is 73.1 Å². The van der Waals surface area contributed by atoms with Gasteiger partial charge >= 0.3 is 0 Å². The Morgan fingerprint density at radius 1 is 1.00 bits per heavy atom. The number of rotatable bonds is 4. The van der Waals surface area contributed by atoms with E-state index in [4.69, 9.17) is 0 Å². The van der Waals surface area contributed by atoms with Crippen LogP contribution in [0.3, 0.4) is 0 Å². The van der Waals surface area contributed by atoms with E-state index < -0.39 is 4.92 Å². The second-order valence-electron chi connectivity index (χ2n) is 5.71. The van der Waals surface area contributed by atoms with Crippen LogP contribution >= 0.6 is 0 Å². The van der Waals surface area contributed by atoms with E-state index in [0.717, 1.165) is 5.56 Å². The average molecular weight is 330 g/mol. The van der Waals surface area contributed by atoms with E-state index in [1.54, 1.807) is 23.1 Å². The van der Waals surface area contributed by atoms with Crippen LogP contribution in [-0.4, -0.2) is 19.7 Å². The highest BCUT2D eigenvalue weighted by atomic mass is 16.6. The standard InChI is InChI=1S/C19H14N4O2/c24-23(25)17-9-4-7-15(11-17)19-20-13-22(21-19)12-16-8-3-6-14-5-1-2-10-18(14)16/h1-11,13H,12H2. The molecule has 0 radical (unpaired) electrons. The highest BCUT2D eigenvalue weighted by Gasteiger charge is 2.11. The van der Waals surface area contributed by atoms with Gasteiger partial charge in [-0.15, -0.1) is 0 Å². The molecular weight excluding hydrogens is 316 g/mol. The minimum absolute atomic E-state index is 0.0305. The number of benzene rings is 3. The molecule has 25 heavy (non-hydrogen) atoms. The number of nitro groups is 1. The van der Waals surface area contributed by atoms with Crippen LogP contribution in [0.1, 0.15) is 5.56 Å². The summed E-state index contributed by atoms with van der Waals surface area (Å²) in [5.74, 6) is 0.476. The van der Waals surface area contributed by atoms with Gasteiger partial charge in [-0.1, -0.05) is 54.6 Å². The normalized spacial score (nSPS) is 10.9. The maximum Gasteiger partial charge on any atom is 0.270 e. The molecule has 0 bridgehead atoms. The molecule has 0 saturated heterocycles. The van der Waals surface area contributed by atoms with Crippen molar-refractivity contribution in [2.24, 2.45) is 0 Å². The minimum atomic E-state index is -0.420. The monoisotopic (exact) mass is 330 g/mol. The van der Waals surface area contributed by atoms with Crippen molar-refractivity contribution in [3.8, 4) is 11.4 Å². The summed E-state index contributed by atoms with van der Waals surface area (Å²) >= 11 is 0. The van der Waals surface area contributed by atoms with Crippen molar-refractivity contribution in [3.63, 3.8) is 0 Å². The van der Waals surface area contributed by atoms with Crippen LogP contribution in [0.4, 0.5) is 5.69 Å². The van der Waals surface area contributed by atoms with E-state index in [1.807, 2.05) is 18.2 Å². The molecule has 3 aromatic carbocycles.